The molecule has 0 unspecified atom stereocenters. The summed E-state index contributed by atoms with van der Waals surface area (Å²) < 4.78 is 6.85. The molecule has 0 aliphatic rings. The number of aromatic nitrogens is 1. The van der Waals surface area contributed by atoms with E-state index in [2.05, 4.69) is 5.48 Å². The molecule has 3 rings (SSSR count). The second kappa shape index (κ2) is 8.53. The monoisotopic (exact) mass is 350 g/mol. The topological polar surface area (TPSA) is 69.6 Å². The smallest absolute Gasteiger partial charge is 0.293 e. The summed E-state index contributed by atoms with van der Waals surface area (Å²) in [7, 11) is 0. The summed E-state index contributed by atoms with van der Waals surface area (Å²) in [5, 5.41) is 0. The van der Waals surface area contributed by atoms with E-state index in [4.69, 9.17) is 9.57 Å². The van der Waals surface area contributed by atoms with Crippen molar-refractivity contribution in [2.45, 2.75) is 13.2 Å². The molecule has 0 aliphatic heterocycles. The summed E-state index contributed by atoms with van der Waals surface area (Å²) >= 11 is 0. The molecular formula is C20H18N2O4. The van der Waals surface area contributed by atoms with Crippen LogP contribution in [0.15, 0.2) is 83.8 Å². The molecular weight excluding hydrogens is 332 g/mol. The molecule has 0 atom stereocenters. The van der Waals surface area contributed by atoms with Crippen LogP contribution in [-0.4, -0.2) is 10.5 Å². The van der Waals surface area contributed by atoms with Gasteiger partial charge in [0, 0.05) is 6.20 Å². The average molecular weight is 350 g/mol. The van der Waals surface area contributed by atoms with E-state index in [0.717, 1.165) is 5.56 Å². The molecule has 0 fully saturated rings. The molecule has 1 amide bonds. The number of carbonyl (C=O) groups excluding carboxylic acids is 1. The van der Waals surface area contributed by atoms with Gasteiger partial charge < -0.3 is 14.1 Å². The zero-order chi connectivity index (χ0) is 18.2. The van der Waals surface area contributed by atoms with Crippen molar-refractivity contribution in [3.8, 4) is 11.5 Å². The Morgan fingerprint density at radius 1 is 0.923 bits per heavy atom. The predicted octanol–water partition coefficient (Wildman–Crippen LogP) is 2.54. The molecule has 6 nitrogen and oxygen atoms in total. The van der Waals surface area contributed by atoms with Crippen LogP contribution < -0.4 is 20.6 Å². The van der Waals surface area contributed by atoms with Crippen LogP contribution in [0, 0.1) is 0 Å². The minimum atomic E-state index is -0.448. The predicted molar refractivity (Wildman–Crippen MR) is 96.7 cm³/mol. The van der Waals surface area contributed by atoms with Gasteiger partial charge in [-0.05, 0) is 29.8 Å². The maximum Gasteiger partial charge on any atom is 0.293 e. The molecule has 1 heterocycles. The Labute approximate surface area is 150 Å². The quantitative estimate of drug-likeness (QED) is 0.665. The van der Waals surface area contributed by atoms with Crippen molar-refractivity contribution < 1.29 is 14.4 Å². The molecule has 0 aliphatic carbocycles. The van der Waals surface area contributed by atoms with Crippen molar-refractivity contribution in [1.82, 2.24) is 10.0 Å². The SMILES string of the molecule is O=C(Cn1cccc(OCc2ccccc2)c1=O)NOc1ccccc1. The Kier molecular flexibility index (Phi) is 5.67. The standard InChI is InChI=1S/C20H18N2O4/c23-19(21-26-17-10-5-2-6-11-17)14-22-13-7-12-18(20(22)24)25-15-16-8-3-1-4-9-16/h1-13H,14-15H2,(H,21,23). The van der Waals surface area contributed by atoms with E-state index < -0.39 is 5.91 Å². The van der Waals surface area contributed by atoms with Gasteiger partial charge in [0.15, 0.2) is 11.5 Å². The molecule has 0 bridgehead atoms. The molecule has 2 aromatic carbocycles. The number of carbonyl (C=O) groups is 1. The van der Waals surface area contributed by atoms with Gasteiger partial charge in [0.2, 0.25) is 0 Å². The van der Waals surface area contributed by atoms with E-state index in [1.54, 1.807) is 36.4 Å². The highest BCUT2D eigenvalue weighted by molar-refractivity contribution is 5.74. The number of benzene rings is 2. The highest BCUT2D eigenvalue weighted by atomic mass is 16.7. The molecule has 6 heteroatoms. The number of hydrogen-bond donors (Lipinski definition) is 1. The van der Waals surface area contributed by atoms with Crippen LogP contribution in [0.2, 0.25) is 0 Å². The van der Waals surface area contributed by atoms with E-state index in [0.29, 0.717) is 5.75 Å². The minimum Gasteiger partial charge on any atom is -0.483 e. The first-order valence-corrected chi connectivity index (χ1v) is 8.09. The maximum absolute atomic E-state index is 12.4. The molecule has 1 aromatic heterocycles. The summed E-state index contributed by atoms with van der Waals surface area (Å²) in [4.78, 5) is 29.6. The number of amides is 1. The fourth-order valence-electron chi connectivity index (χ4n) is 2.28. The molecule has 3 aromatic rings. The lowest BCUT2D eigenvalue weighted by molar-refractivity contribution is -0.128. The lowest BCUT2D eigenvalue weighted by Crippen LogP contribution is -2.34. The summed E-state index contributed by atoms with van der Waals surface area (Å²) in [6, 6.07) is 21.6. The average Bonchev–Trinajstić information content (AvgIpc) is 2.69. The largest absolute Gasteiger partial charge is 0.483 e. The summed E-state index contributed by atoms with van der Waals surface area (Å²) in [6.07, 6.45) is 1.53. The number of rotatable bonds is 7. The number of hydroxylamine groups is 1. The lowest BCUT2D eigenvalue weighted by Gasteiger charge is -2.10. The molecule has 0 saturated carbocycles. The van der Waals surface area contributed by atoms with Crippen molar-refractivity contribution in [1.29, 1.82) is 0 Å². The fourth-order valence-corrected chi connectivity index (χ4v) is 2.28. The van der Waals surface area contributed by atoms with Gasteiger partial charge in [-0.25, -0.2) is 0 Å². The first kappa shape index (κ1) is 17.3. The van der Waals surface area contributed by atoms with E-state index in [-0.39, 0.29) is 24.5 Å². The first-order valence-electron chi connectivity index (χ1n) is 8.09. The van der Waals surface area contributed by atoms with Gasteiger partial charge >= 0.3 is 0 Å². The number of pyridine rings is 1. The van der Waals surface area contributed by atoms with E-state index in [1.807, 2.05) is 36.4 Å². The Morgan fingerprint density at radius 2 is 1.62 bits per heavy atom. The summed E-state index contributed by atoms with van der Waals surface area (Å²) in [5.74, 6) is 0.248. The van der Waals surface area contributed by atoms with Crippen molar-refractivity contribution in [2.24, 2.45) is 0 Å². The molecule has 0 spiro atoms. The van der Waals surface area contributed by atoms with Crippen LogP contribution in [0.3, 0.4) is 0 Å². The maximum atomic E-state index is 12.4. The summed E-state index contributed by atoms with van der Waals surface area (Å²) in [5.41, 5.74) is 2.89. The van der Waals surface area contributed by atoms with Crippen molar-refractivity contribution >= 4 is 5.91 Å². The minimum absolute atomic E-state index is 0.172. The van der Waals surface area contributed by atoms with Crippen LogP contribution in [0.1, 0.15) is 5.56 Å². The third-order valence-corrected chi connectivity index (χ3v) is 3.56. The zero-order valence-corrected chi connectivity index (χ0v) is 14.0. The third-order valence-electron chi connectivity index (χ3n) is 3.56. The highest BCUT2D eigenvalue weighted by Gasteiger charge is 2.09. The van der Waals surface area contributed by atoms with E-state index in [1.165, 1.54) is 10.8 Å². The van der Waals surface area contributed by atoms with Gasteiger partial charge in [-0.15, -0.1) is 0 Å². The molecule has 0 radical (unpaired) electrons. The second-order valence-electron chi connectivity index (χ2n) is 5.52. The van der Waals surface area contributed by atoms with Gasteiger partial charge in [0.25, 0.3) is 11.5 Å². The number of ether oxygens (including phenoxy) is 1. The summed E-state index contributed by atoms with van der Waals surface area (Å²) in [6.45, 7) is 0.109. The lowest BCUT2D eigenvalue weighted by atomic mass is 10.2. The fraction of sp³-hybridized carbons (Fsp3) is 0.100. The number of para-hydroxylation sites is 1. The van der Waals surface area contributed by atoms with Crippen molar-refractivity contribution in [3.63, 3.8) is 0 Å². The van der Waals surface area contributed by atoms with Crippen LogP contribution in [-0.2, 0) is 17.9 Å². The Morgan fingerprint density at radius 3 is 2.35 bits per heavy atom. The Bertz CT molecular complexity index is 908. The molecule has 26 heavy (non-hydrogen) atoms. The molecule has 1 N–H and O–H groups in total. The van der Waals surface area contributed by atoms with Gasteiger partial charge in [0.05, 0.1) is 0 Å². The number of nitrogens with zero attached hydrogens (tertiary/aromatic N) is 1. The normalized spacial score (nSPS) is 10.2. The Hall–Kier alpha value is -3.54. The van der Waals surface area contributed by atoms with Crippen LogP contribution in [0.4, 0.5) is 0 Å². The van der Waals surface area contributed by atoms with Gasteiger partial charge in [-0.1, -0.05) is 48.5 Å². The van der Waals surface area contributed by atoms with Crippen LogP contribution in [0.25, 0.3) is 0 Å². The highest BCUT2D eigenvalue weighted by Crippen LogP contribution is 2.08. The van der Waals surface area contributed by atoms with Crippen molar-refractivity contribution in [3.05, 3.63) is 94.9 Å². The number of nitrogens with one attached hydrogen (secondary N) is 1. The Balaban J connectivity index is 1.59. The molecule has 132 valence electrons. The van der Waals surface area contributed by atoms with E-state index in [9.17, 15) is 9.59 Å². The van der Waals surface area contributed by atoms with Gasteiger partial charge in [-0.2, -0.15) is 5.48 Å². The second-order valence-corrected chi connectivity index (χ2v) is 5.52. The third kappa shape index (κ3) is 4.73. The van der Waals surface area contributed by atoms with Gasteiger partial charge in [-0.3, -0.25) is 9.59 Å². The number of hydrogen-bond acceptors (Lipinski definition) is 4. The first-order chi connectivity index (χ1) is 12.7. The molecule has 0 saturated heterocycles. The van der Waals surface area contributed by atoms with Crippen LogP contribution >= 0.6 is 0 Å². The van der Waals surface area contributed by atoms with Gasteiger partial charge in [0.1, 0.15) is 13.2 Å². The van der Waals surface area contributed by atoms with Crippen LogP contribution in [0.5, 0.6) is 11.5 Å². The zero-order valence-electron chi connectivity index (χ0n) is 14.0. The van der Waals surface area contributed by atoms with Crippen molar-refractivity contribution in [2.75, 3.05) is 0 Å². The van der Waals surface area contributed by atoms with E-state index >= 15 is 0 Å².